The fraction of sp³-hybridized carbons (Fsp3) is 0.533. The molecule has 0 atom stereocenters. The number of likely N-dealkylation sites (tertiary alicyclic amines) is 1. The van der Waals surface area contributed by atoms with Gasteiger partial charge in [-0.25, -0.2) is 0 Å². The number of piperidine rings is 1. The van der Waals surface area contributed by atoms with Crippen LogP contribution in [0.25, 0.3) is 11.0 Å². The summed E-state index contributed by atoms with van der Waals surface area (Å²) in [5, 5.41) is 0.779. The lowest BCUT2D eigenvalue weighted by Gasteiger charge is -2.31. The lowest BCUT2D eigenvalue weighted by molar-refractivity contribution is 0.181. The van der Waals surface area contributed by atoms with Crippen molar-refractivity contribution in [3.8, 4) is 0 Å². The van der Waals surface area contributed by atoms with Crippen LogP contribution in [0.3, 0.4) is 0 Å². The van der Waals surface area contributed by atoms with Crippen molar-refractivity contribution in [2.24, 2.45) is 5.92 Å². The van der Waals surface area contributed by atoms with Crippen molar-refractivity contribution in [3.63, 3.8) is 0 Å². The molecule has 1 saturated heterocycles. The SMILES string of the molecule is CCN1CCC(Cn2c(=S)[nH]c3cccc(Cl)c32)CC1. The molecular weight excluding hydrogens is 290 g/mol. The van der Waals surface area contributed by atoms with E-state index in [0.29, 0.717) is 5.92 Å². The van der Waals surface area contributed by atoms with Crippen LogP contribution >= 0.6 is 23.8 Å². The highest BCUT2D eigenvalue weighted by Gasteiger charge is 2.20. The van der Waals surface area contributed by atoms with Gasteiger partial charge in [-0.05, 0) is 62.7 Å². The predicted octanol–water partition coefficient (Wildman–Crippen LogP) is 4.08. The Morgan fingerprint density at radius 1 is 1.35 bits per heavy atom. The number of para-hydroxylation sites is 1. The second kappa shape index (κ2) is 5.88. The Kier molecular flexibility index (Phi) is 4.15. The zero-order chi connectivity index (χ0) is 14.1. The Morgan fingerprint density at radius 2 is 2.10 bits per heavy atom. The molecule has 2 aromatic rings. The van der Waals surface area contributed by atoms with Crippen LogP contribution in [-0.2, 0) is 6.54 Å². The molecule has 0 amide bonds. The maximum Gasteiger partial charge on any atom is 0.178 e. The van der Waals surface area contributed by atoms with E-state index in [1.807, 2.05) is 18.2 Å². The number of halogens is 1. The first-order valence-corrected chi connectivity index (χ1v) is 8.07. The second-order valence-electron chi connectivity index (χ2n) is 5.55. The number of nitrogens with one attached hydrogen (secondary N) is 1. The molecule has 1 aliphatic rings. The van der Waals surface area contributed by atoms with Crippen molar-refractivity contribution in [1.29, 1.82) is 0 Å². The van der Waals surface area contributed by atoms with E-state index in [1.54, 1.807) is 0 Å². The number of nitrogens with zero attached hydrogens (tertiary/aromatic N) is 2. The van der Waals surface area contributed by atoms with Crippen LogP contribution in [0.4, 0.5) is 0 Å². The van der Waals surface area contributed by atoms with E-state index in [1.165, 1.54) is 25.9 Å². The standard InChI is InChI=1S/C15H20ClN3S/c1-2-18-8-6-11(7-9-18)10-19-14-12(16)4-3-5-13(14)17-15(19)20/h3-5,11H,2,6-10H2,1H3,(H,17,20). The first-order valence-electron chi connectivity index (χ1n) is 7.28. The molecule has 1 aliphatic heterocycles. The van der Waals surface area contributed by atoms with Gasteiger partial charge >= 0.3 is 0 Å². The van der Waals surface area contributed by atoms with Crippen molar-refractivity contribution in [3.05, 3.63) is 28.0 Å². The molecule has 108 valence electrons. The van der Waals surface area contributed by atoms with Crippen molar-refractivity contribution < 1.29 is 0 Å². The van der Waals surface area contributed by atoms with E-state index >= 15 is 0 Å². The van der Waals surface area contributed by atoms with Gasteiger partial charge in [0.15, 0.2) is 4.77 Å². The maximum atomic E-state index is 6.34. The van der Waals surface area contributed by atoms with Crippen molar-refractivity contribution in [2.45, 2.75) is 26.3 Å². The quantitative estimate of drug-likeness (QED) is 0.864. The minimum absolute atomic E-state index is 0.694. The number of hydrogen-bond acceptors (Lipinski definition) is 2. The number of fused-ring (bicyclic) bond motifs is 1. The first-order chi connectivity index (χ1) is 9.69. The summed E-state index contributed by atoms with van der Waals surface area (Å²) in [4.78, 5) is 5.77. The molecule has 20 heavy (non-hydrogen) atoms. The number of aromatic amines is 1. The van der Waals surface area contributed by atoms with Crippen LogP contribution in [0, 0.1) is 10.7 Å². The highest BCUT2D eigenvalue weighted by Crippen LogP contribution is 2.26. The lowest BCUT2D eigenvalue weighted by atomic mass is 9.97. The molecule has 0 spiro atoms. The van der Waals surface area contributed by atoms with E-state index in [2.05, 4.69) is 21.4 Å². The Labute approximate surface area is 129 Å². The zero-order valence-electron chi connectivity index (χ0n) is 11.7. The third-order valence-electron chi connectivity index (χ3n) is 4.34. The van der Waals surface area contributed by atoms with Gasteiger partial charge in [0.2, 0.25) is 0 Å². The number of H-pyrrole nitrogens is 1. The van der Waals surface area contributed by atoms with Crippen LogP contribution in [0.5, 0.6) is 0 Å². The number of imidazole rings is 1. The summed E-state index contributed by atoms with van der Waals surface area (Å²) in [6.45, 7) is 6.76. The van der Waals surface area contributed by atoms with Gasteiger partial charge in [0, 0.05) is 6.54 Å². The largest absolute Gasteiger partial charge is 0.331 e. The number of hydrogen-bond donors (Lipinski definition) is 1. The number of rotatable bonds is 3. The van der Waals surface area contributed by atoms with Gasteiger partial charge in [0.25, 0.3) is 0 Å². The van der Waals surface area contributed by atoms with E-state index < -0.39 is 0 Å². The molecule has 0 saturated carbocycles. The Balaban J connectivity index is 1.85. The molecular formula is C15H20ClN3S. The second-order valence-corrected chi connectivity index (χ2v) is 6.35. The van der Waals surface area contributed by atoms with E-state index in [4.69, 9.17) is 23.8 Å². The summed E-state index contributed by atoms with van der Waals surface area (Å²) in [6, 6.07) is 5.93. The zero-order valence-corrected chi connectivity index (χ0v) is 13.3. The first kappa shape index (κ1) is 14.1. The van der Waals surface area contributed by atoms with Crippen LogP contribution in [0.1, 0.15) is 19.8 Å². The van der Waals surface area contributed by atoms with Crippen molar-refractivity contribution in [1.82, 2.24) is 14.5 Å². The van der Waals surface area contributed by atoms with Crippen molar-refractivity contribution in [2.75, 3.05) is 19.6 Å². The number of aromatic nitrogens is 2. The Morgan fingerprint density at radius 3 is 2.80 bits per heavy atom. The van der Waals surface area contributed by atoms with Crippen LogP contribution in [-0.4, -0.2) is 34.1 Å². The molecule has 1 aromatic heterocycles. The third-order valence-corrected chi connectivity index (χ3v) is 4.97. The molecule has 1 aromatic carbocycles. The van der Waals surface area contributed by atoms with Crippen molar-refractivity contribution >= 4 is 34.9 Å². The molecule has 0 unspecified atom stereocenters. The lowest BCUT2D eigenvalue weighted by Crippen LogP contribution is -2.34. The molecule has 0 aliphatic carbocycles. The smallest absolute Gasteiger partial charge is 0.178 e. The molecule has 0 bridgehead atoms. The average molecular weight is 310 g/mol. The summed E-state index contributed by atoms with van der Waals surface area (Å²) in [6.07, 6.45) is 2.49. The van der Waals surface area contributed by atoms with Gasteiger partial charge in [-0.2, -0.15) is 0 Å². The highest BCUT2D eigenvalue weighted by atomic mass is 35.5. The van der Waals surface area contributed by atoms with Gasteiger partial charge in [-0.15, -0.1) is 0 Å². The Hall–Kier alpha value is -0.840. The van der Waals surface area contributed by atoms with Gasteiger partial charge in [-0.3, -0.25) is 0 Å². The van der Waals surface area contributed by atoms with Gasteiger partial charge in [0.05, 0.1) is 16.1 Å². The van der Waals surface area contributed by atoms with Crippen LogP contribution in [0.15, 0.2) is 18.2 Å². The van der Waals surface area contributed by atoms with Crippen LogP contribution in [0.2, 0.25) is 5.02 Å². The molecule has 0 radical (unpaired) electrons. The summed E-state index contributed by atoms with van der Waals surface area (Å²) in [5.41, 5.74) is 2.09. The molecule has 2 heterocycles. The van der Waals surface area contributed by atoms with E-state index in [9.17, 15) is 0 Å². The van der Waals surface area contributed by atoms with E-state index in [-0.39, 0.29) is 0 Å². The summed E-state index contributed by atoms with van der Waals surface area (Å²) >= 11 is 11.8. The fourth-order valence-electron chi connectivity index (χ4n) is 3.09. The van der Waals surface area contributed by atoms with E-state index in [0.717, 1.165) is 33.9 Å². The minimum atomic E-state index is 0.694. The van der Waals surface area contributed by atoms with Gasteiger partial charge in [0.1, 0.15) is 0 Å². The number of benzene rings is 1. The predicted molar refractivity (Wildman–Crippen MR) is 87.0 cm³/mol. The van der Waals surface area contributed by atoms with Gasteiger partial charge in [-0.1, -0.05) is 24.6 Å². The maximum absolute atomic E-state index is 6.34. The monoisotopic (exact) mass is 309 g/mol. The minimum Gasteiger partial charge on any atom is -0.331 e. The third kappa shape index (κ3) is 2.65. The average Bonchev–Trinajstić information content (AvgIpc) is 2.77. The molecule has 1 fully saturated rings. The van der Waals surface area contributed by atoms with Gasteiger partial charge < -0.3 is 14.5 Å². The topological polar surface area (TPSA) is 24.0 Å². The normalized spacial score (nSPS) is 17.9. The summed E-state index contributed by atoms with van der Waals surface area (Å²) in [5.74, 6) is 0.694. The fourth-order valence-corrected chi connectivity index (χ4v) is 3.64. The summed E-state index contributed by atoms with van der Waals surface area (Å²) in [7, 11) is 0. The molecule has 5 heteroatoms. The molecule has 1 N–H and O–H groups in total. The highest BCUT2D eigenvalue weighted by molar-refractivity contribution is 7.71. The van der Waals surface area contributed by atoms with Crippen LogP contribution < -0.4 is 0 Å². The Bertz CT molecular complexity index is 653. The molecule has 3 nitrogen and oxygen atoms in total. The molecule has 3 rings (SSSR count). The summed E-state index contributed by atoms with van der Waals surface area (Å²) < 4.78 is 2.96.